The van der Waals surface area contributed by atoms with E-state index in [4.69, 9.17) is 21.7 Å². The van der Waals surface area contributed by atoms with Crippen LogP contribution in [0.25, 0.3) is 0 Å². The van der Waals surface area contributed by atoms with Crippen molar-refractivity contribution in [3.05, 3.63) is 48.0 Å². The third-order valence-corrected chi connectivity index (χ3v) is 3.65. The molecule has 0 radical (unpaired) electrons. The van der Waals surface area contributed by atoms with Crippen LogP contribution in [-0.2, 0) is 6.42 Å². The third kappa shape index (κ3) is 3.31. The lowest BCUT2D eigenvalue weighted by atomic mass is 10.1. The fourth-order valence-electron chi connectivity index (χ4n) is 2.36. The molecule has 0 spiro atoms. The first kappa shape index (κ1) is 14.7. The number of thiocarbonyl (C=S) groups is 1. The van der Waals surface area contributed by atoms with E-state index in [1.807, 2.05) is 36.4 Å². The van der Waals surface area contributed by atoms with Crippen LogP contribution in [0.1, 0.15) is 12.5 Å². The van der Waals surface area contributed by atoms with Gasteiger partial charge in [-0.3, -0.25) is 0 Å². The maximum absolute atomic E-state index is 5.57. The molecule has 1 aliphatic rings. The minimum absolute atomic E-state index is 0.553. The van der Waals surface area contributed by atoms with Gasteiger partial charge < -0.3 is 20.1 Å². The molecule has 2 aromatic rings. The van der Waals surface area contributed by atoms with Crippen LogP contribution < -0.4 is 20.1 Å². The summed E-state index contributed by atoms with van der Waals surface area (Å²) < 4.78 is 11.1. The number of fused-ring (bicyclic) bond motifs is 1. The Morgan fingerprint density at radius 1 is 1.05 bits per heavy atom. The molecule has 0 amide bonds. The Labute approximate surface area is 135 Å². The van der Waals surface area contributed by atoms with E-state index in [9.17, 15) is 0 Å². The SMILES string of the molecule is CCc1ccccc1NC(=S)Nc1ccc2c(c1)OCCO2. The van der Waals surface area contributed by atoms with E-state index in [0.29, 0.717) is 18.3 Å². The fraction of sp³-hybridized carbons (Fsp3) is 0.235. The van der Waals surface area contributed by atoms with Crippen LogP contribution in [0.5, 0.6) is 11.5 Å². The van der Waals surface area contributed by atoms with E-state index in [1.54, 1.807) is 0 Å². The van der Waals surface area contributed by atoms with E-state index in [0.717, 1.165) is 29.3 Å². The van der Waals surface area contributed by atoms with Gasteiger partial charge in [0.25, 0.3) is 0 Å². The first-order chi connectivity index (χ1) is 10.8. The van der Waals surface area contributed by atoms with Crippen LogP contribution in [-0.4, -0.2) is 18.3 Å². The van der Waals surface area contributed by atoms with Crippen molar-refractivity contribution in [1.82, 2.24) is 0 Å². The molecule has 0 unspecified atom stereocenters. The monoisotopic (exact) mass is 314 g/mol. The summed E-state index contributed by atoms with van der Waals surface area (Å²) in [5, 5.41) is 6.97. The first-order valence-electron chi connectivity index (χ1n) is 7.32. The number of ether oxygens (including phenoxy) is 2. The Kier molecular flexibility index (Phi) is 4.44. The molecule has 1 heterocycles. The number of hydrogen-bond acceptors (Lipinski definition) is 3. The standard InChI is InChI=1S/C17H18N2O2S/c1-2-12-5-3-4-6-14(12)19-17(22)18-13-7-8-15-16(11-13)21-10-9-20-15/h3-8,11H,2,9-10H2,1H3,(H2,18,19,22). The summed E-state index contributed by atoms with van der Waals surface area (Å²) in [4.78, 5) is 0. The lowest BCUT2D eigenvalue weighted by Gasteiger charge is -2.19. The van der Waals surface area contributed by atoms with Gasteiger partial charge in [-0.2, -0.15) is 0 Å². The number of rotatable bonds is 3. The zero-order valence-corrected chi connectivity index (χ0v) is 13.2. The first-order valence-corrected chi connectivity index (χ1v) is 7.72. The predicted octanol–water partition coefficient (Wildman–Crippen LogP) is 3.83. The summed E-state index contributed by atoms with van der Waals surface area (Å²) in [6.45, 7) is 3.29. The molecule has 5 heteroatoms. The summed E-state index contributed by atoms with van der Waals surface area (Å²) in [5.41, 5.74) is 3.13. The number of hydrogen-bond donors (Lipinski definition) is 2. The normalized spacial score (nSPS) is 12.6. The zero-order valence-electron chi connectivity index (χ0n) is 12.4. The van der Waals surface area contributed by atoms with E-state index in [1.165, 1.54) is 5.56 Å². The second-order valence-corrected chi connectivity index (χ2v) is 5.36. The van der Waals surface area contributed by atoms with Gasteiger partial charge in [0, 0.05) is 17.4 Å². The van der Waals surface area contributed by atoms with E-state index < -0.39 is 0 Å². The van der Waals surface area contributed by atoms with Crippen molar-refractivity contribution in [1.29, 1.82) is 0 Å². The lowest BCUT2D eigenvalue weighted by Crippen LogP contribution is -2.20. The Morgan fingerprint density at radius 3 is 2.64 bits per heavy atom. The topological polar surface area (TPSA) is 42.5 Å². The minimum atomic E-state index is 0.553. The summed E-state index contributed by atoms with van der Waals surface area (Å²) in [5.74, 6) is 1.51. The van der Waals surface area contributed by atoms with Gasteiger partial charge in [0.15, 0.2) is 16.6 Å². The van der Waals surface area contributed by atoms with Gasteiger partial charge in [0.1, 0.15) is 13.2 Å². The predicted molar refractivity (Wildman–Crippen MR) is 93.1 cm³/mol. The van der Waals surface area contributed by atoms with Gasteiger partial charge in [0.05, 0.1) is 0 Å². The van der Waals surface area contributed by atoms with Crippen molar-refractivity contribution in [2.45, 2.75) is 13.3 Å². The summed E-state index contributed by atoms with van der Waals surface area (Å²) in [6.07, 6.45) is 0.954. The Hall–Kier alpha value is -2.27. The smallest absolute Gasteiger partial charge is 0.175 e. The van der Waals surface area contributed by atoms with Crippen LogP contribution in [0.4, 0.5) is 11.4 Å². The van der Waals surface area contributed by atoms with Crippen LogP contribution in [0, 0.1) is 0 Å². The zero-order chi connectivity index (χ0) is 15.4. The average molecular weight is 314 g/mol. The number of anilines is 2. The highest BCUT2D eigenvalue weighted by Gasteiger charge is 2.12. The van der Waals surface area contributed by atoms with Crippen molar-refractivity contribution in [3.63, 3.8) is 0 Å². The highest BCUT2D eigenvalue weighted by atomic mass is 32.1. The molecule has 0 fully saturated rings. The number of aryl methyl sites for hydroxylation is 1. The molecule has 3 rings (SSSR count). The molecule has 0 saturated heterocycles. The Morgan fingerprint density at radius 2 is 1.82 bits per heavy atom. The Balaban J connectivity index is 1.69. The molecule has 0 atom stereocenters. The lowest BCUT2D eigenvalue weighted by molar-refractivity contribution is 0.171. The van der Waals surface area contributed by atoms with E-state index >= 15 is 0 Å². The van der Waals surface area contributed by atoms with Crippen LogP contribution >= 0.6 is 12.2 Å². The molecular weight excluding hydrogens is 296 g/mol. The molecule has 114 valence electrons. The molecular formula is C17H18N2O2S. The molecule has 0 aliphatic carbocycles. The summed E-state index contributed by atoms with van der Waals surface area (Å²) in [7, 11) is 0. The van der Waals surface area contributed by atoms with Crippen molar-refractivity contribution in [2.75, 3.05) is 23.8 Å². The molecule has 0 saturated carbocycles. The van der Waals surface area contributed by atoms with Gasteiger partial charge in [-0.1, -0.05) is 25.1 Å². The van der Waals surface area contributed by atoms with E-state index in [-0.39, 0.29) is 0 Å². The molecule has 22 heavy (non-hydrogen) atoms. The van der Waals surface area contributed by atoms with Gasteiger partial charge in [0.2, 0.25) is 0 Å². The largest absolute Gasteiger partial charge is 0.486 e. The molecule has 1 aliphatic heterocycles. The minimum Gasteiger partial charge on any atom is -0.486 e. The fourth-order valence-corrected chi connectivity index (χ4v) is 2.58. The molecule has 2 aromatic carbocycles. The van der Waals surface area contributed by atoms with Crippen molar-refractivity contribution in [3.8, 4) is 11.5 Å². The maximum Gasteiger partial charge on any atom is 0.175 e. The quantitative estimate of drug-likeness (QED) is 0.843. The average Bonchev–Trinajstić information content (AvgIpc) is 2.55. The van der Waals surface area contributed by atoms with Crippen molar-refractivity contribution >= 4 is 28.7 Å². The molecule has 0 bridgehead atoms. The highest BCUT2D eigenvalue weighted by Crippen LogP contribution is 2.32. The molecule has 4 nitrogen and oxygen atoms in total. The molecule has 2 N–H and O–H groups in total. The van der Waals surface area contributed by atoms with Gasteiger partial charge in [-0.05, 0) is 42.4 Å². The van der Waals surface area contributed by atoms with Gasteiger partial charge in [-0.15, -0.1) is 0 Å². The van der Waals surface area contributed by atoms with Gasteiger partial charge in [-0.25, -0.2) is 0 Å². The molecule has 0 aromatic heterocycles. The highest BCUT2D eigenvalue weighted by molar-refractivity contribution is 7.80. The van der Waals surface area contributed by atoms with Crippen molar-refractivity contribution < 1.29 is 9.47 Å². The Bertz CT molecular complexity index is 688. The maximum atomic E-state index is 5.57. The number of benzene rings is 2. The van der Waals surface area contributed by atoms with Crippen LogP contribution in [0.2, 0.25) is 0 Å². The second kappa shape index (κ2) is 6.66. The summed E-state index contributed by atoms with van der Waals surface area (Å²) in [6, 6.07) is 13.8. The van der Waals surface area contributed by atoms with Gasteiger partial charge >= 0.3 is 0 Å². The second-order valence-electron chi connectivity index (χ2n) is 4.95. The number of nitrogens with one attached hydrogen (secondary N) is 2. The third-order valence-electron chi connectivity index (χ3n) is 3.45. The van der Waals surface area contributed by atoms with Crippen molar-refractivity contribution in [2.24, 2.45) is 0 Å². The van der Waals surface area contributed by atoms with E-state index in [2.05, 4.69) is 23.6 Å². The van der Waals surface area contributed by atoms with Crippen LogP contribution in [0.3, 0.4) is 0 Å². The number of para-hydroxylation sites is 1. The van der Waals surface area contributed by atoms with Crippen LogP contribution in [0.15, 0.2) is 42.5 Å². The summed E-state index contributed by atoms with van der Waals surface area (Å²) >= 11 is 5.39.